The van der Waals surface area contributed by atoms with Gasteiger partial charge in [0, 0.05) is 29.8 Å². The van der Waals surface area contributed by atoms with Gasteiger partial charge in [-0.15, -0.1) is 6.58 Å². The molecular formula is C10H10N2O2S. The summed E-state index contributed by atoms with van der Waals surface area (Å²) < 4.78 is 0. The first kappa shape index (κ1) is 11.5. The van der Waals surface area contributed by atoms with Crippen LogP contribution in [0.3, 0.4) is 0 Å². The van der Waals surface area contributed by atoms with Crippen molar-refractivity contribution in [1.29, 1.82) is 0 Å². The smallest absolute Gasteiger partial charge is 0.328 e. The molecule has 4 nitrogen and oxygen atoms in total. The van der Waals surface area contributed by atoms with Crippen molar-refractivity contribution in [3.63, 3.8) is 0 Å². The van der Waals surface area contributed by atoms with Gasteiger partial charge in [-0.1, -0.05) is 17.8 Å². The molecule has 0 amide bonds. The van der Waals surface area contributed by atoms with Gasteiger partial charge in [0.05, 0.1) is 0 Å². The van der Waals surface area contributed by atoms with Gasteiger partial charge in [0.2, 0.25) is 0 Å². The van der Waals surface area contributed by atoms with Crippen LogP contribution >= 0.6 is 11.8 Å². The van der Waals surface area contributed by atoms with Gasteiger partial charge in [-0.05, 0) is 6.08 Å². The molecule has 1 N–H and O–H groups in total. The van der Waals surface area contributed by atoms with E-state index in [-0.39, 0.29) is 0 Å². The van der Waals surface area contributed by atoms with Gasteiger partial charge >= 0.3 is 5.97 Å². The number of aliphatic carboxylic acids is 1. The van der Waals surface area contributed by atoms with Crippen LogP contribution in [0.15, 0.2) is 36.3 Å². The maximum absolute atomic E-state index is 10.2. The zero-order chi connectivity index (χ0) is 11.1. The van der Waals surface area contributed by atoms with Crippen molar-refractivity contribution in [2.75, 3.05) is 5.75 Å². The number of aromatic nitrogens is 2. The van der Waals surface area contributed by atoms with Crippen LogP contribution in [0.4, 0.5) is 0 Å². The van der Waals surface area contributed by atoms with Gasteiger partial charge < -0.3 is 5.11 Å². The predicted molar refractivity (Wildman–Crippen MR) is 59.6 cm³/mol. The van der Waals surface area contributed by atoms with Crippen LogP contribution in [-0.2, 0) is 4.79 Å². The van der Waals surface area contributed by atoms with Crippen molar-refractivity contribution in [1.82, 2.24) is 9.97 Å². The Kier molecular flexibility index (Phi) is 4.56. The summed E-state index contributed by atoms with van der Waals surface area (Å²) in [6.45, 7) is 3.59. The van der Waals surface area contributed by atoms with Crippen LogP contribution in [0, 0.1) is 0 Å². The summed E-state index contributed by atoms with van der Waals surface area (Å²) in [6, 6.07) is 0. The summed E-state index contributed by atoms with van der Waals surface area (Å²) in [7, 11) is 0. The molecule has 0 saturated heterocycles. The number of hydrogen-bond acceptors (Lipinski definition) is 4. The lowest BCUT2D eigenvalue weighted by molar-refractivity contribution is -0.131. The molecule has 1 heterocycles. The molecule has 0 fully saturated rings. The SMILES string of the molecule is C=CCSc1ncc(/C=C/C(=O)O)cn1. The third-order valence-electron chi connectivity index (χ3n) is 1.40. The maximum Gasteiger partial charge on any atom is 0.328 e. The van der Waals surface area contributed by atoms with E-state index in [1.165, 1.54) is 17.8 Å². The molecule has 0 atom stereocenters. The summed E-state index contributed by atoms with van der Waals surface area (Å²) in [6.07, 6.45) is 7.43. The third kappa shape index (κ3) is 4.42. The fraction of sp³-hybridized carbons (Fsp3) is 0.100. The Morgan fingerprint density at radius 1 is 1.53 bits per heavy atom. The van der Waals surface area contributed by atoms with Crippen LogP contribution in [0.25, 0.3) is 6.08 Å². The molecule has 0 aliphatic heterocycles. The quantitative estimate of drug-likeness (QED) is 0.356. The largest absolute Gasteiger partial charge is 0.478 e. The number of nitrogens with zero attached hydrogens (tertiary/aromatic N) is 2. The Bertz CT molecular complexity index is 374. The summed E-state index contributed by atoms with van der Waals surface area (Å²) in [5.41, 5.74) is 0.667. The van der Waals surface area contributed by atoms with Crippen LogP contribution < -0.4 is 0 Å². The number of thioether (sulfide) groups is 1. The minimum absolute atomic E-state index is 0.655. The third-order valence-corrected chi connectivity index (χ3v) is 2.27. The minimum atomic E-state index is -0.986. The zero-order valence-corrected chi connectivity index (χ0v) is 8.78. The lowest BCUT2D eigenvalue weighted by Gasteiger charge is -1.96. The number of carboxylic acid groups (broad SMARTS) is 1. The lowest BCUT2D eigenvalue weighted by atomic mass is 10.3. The molecule has 0 bridgehead atoms. The zero-order valence-electron chi connectivity index (χ0n) is 7.96. The highest BCUT2D eigenvalue weighted by molar-refractivity contribution is 7.99. The summed E-state index contributed by atoms with van der Waals surface area (Å²) >= 11 is 1.47. The number of hydrogen-bond donors (Lipinski definition) is 1. The molecule has 0 aliphatic rings. The highest BCUT2D eigenvalue weighted by atomic mass is 32.2. The van der Waals surface area contributed by atoms with Gasteiger partial charge in [-0.3, -0.25) is 0 Å². The van der Waals surface area contributed by atoms with Crippen molar-refractivity contribution >= 4 is 23.8 Å². The Labute approximate surface area is 91.8 Å². The van der Waals surface area contributed by atoms with E-state index in [0.29, 0.717) is 10.7 Å². The first-order valence-electron chi connectivity index (χ1n) is 4.19. The van der Waals surface area contributed by atoms with Crippen LogP contribution in [-0.4, -0.2) is 26.8 Å². The molecule has 1 aromatic rings. The average Bonchev–Trinajstić information content (AvgIpc) is 2.25. The molecule has 0 radical (unpaired) electrons. The summed E-state index contributed by atoms with van der Waals surface area (Å²) in [5, 5.41) is 9.06. The molecule has 0 unspecified atom stereocenters. The first-order valence-corrected chi connectivity index (χ1v) is 5.17. The van der Waals surface area contributed by atoms with Crippen LogP contribution in [0.1, 0.15) is 5.56 Å². The molecular weight excluding hydrogens is 212 g/mol. The standard InChI is InChI=1S/C10H10N2O2S/c1-2-5-15-10-11-6-8(7-12-10)3-4-9(13)14/h2-4,6-7H,1,5H2,(H,13,14)/b4-3+. The molecule has 1 rings (SSSR count). The van der Waals surface area contributed by atoms with E-state index in [4.69, 9.17) is 5.11 Å². The molecule has 15 heavy (non-hydrogen) atoms. The van der Waals surface area contributed by atoms with Gasteiger partial charge in [-0.2, -0.15) is 0 Å². The van der Waals surface area contributed by atoms with E-state index in [2.05, 4.69) is 16.5 Å². The second-order valence-electron chi connectivity index (χ2n) is 2.57. The lowest BCUT2D eigenvalue weighted by Crippen LogP contribution is -1.89. The monoisotopic (exact) mass is 222 g/mol. The van der Waals surface area contributed by atoms with Crippen molar-refractivity contribution in [2.24, 2.45) is 0 Å². The average molecular weight is 222 g/mol. The Morgan fingerprint density at radius 2 is 2.20 bits per heavy atom. The predicted octanol–water partition coefficient (Wildman–Crippen LogP) is 1.85. The molecule has 0 aromatic carbocycles. The summed E-state index contributed by atoms with van der Waals surface area (Å²) in [5.74, 6) is -0.232. The number of carboxylic acids is 1. The molecule has 78 valence electrons. The number of rotatable bonds is 5. The van der Waals surface area contributed by atoms with Crippen molar-refractivity contribution in [3.8, 4) is 0 Å². The van der Waals surface area contributed by atoms with Gasteiger partial charge in [0.25, 0.3) is 0 Å². The molecule has 5 heteroatoms. The second-order valence-corrected chi connectivity index (χ2v) is 3.56. The molecule has 0 spiro atoms. The first-order chi connectivity index (χ1) is 7.22. The van der Waals surface area contributed by atoms with Gasteiger partial charge in [0.1, 0.15) is 0 Å². The Morgan fingerprint density at radius 3 is 2.73 bits per heavy atom. The maximum atomic E-state index is 10.2. The van der Waals surface area contributed by atoms with Crippen LogP contribution in [0.2, 0.25) is 0 Å². The number of carbonyl (C=O) groups is 1. The topological polar surface area (TPSA) is 63.1 Å². The Hall–Kier alpha value is -1.62. The van der Waals surface area contributed by atoms with E-state index < -0.39 is 5.97 Å². The van der Waals surface area contributed by atoms with E-state index in [1.54, 1.807) is 18.5 Å². The molecule has 1 aromatic heterocycles. The fourth-order valence-electron chi connectivity index (χ4n) is 0.788. The minimum Gasteiger partial charge on any atom is -0.478 e. The van der Waals surface area contributed by atoms with Gasteiger partial charge in [0.15, 0.2) is 5.16 Å². The van der Waals surface area contributed by atoms with Crippen molar-refractivity contribution in [2.45, 2.75) is 5.16 Å². The highest BCUT2D eigenvalue weighted by Crippen LogP contribution is 2.11. The highest BCUT2D eigenvalue weighted by Gasteiger charge is 1.95. The van der Waals surface area contributed by atoms with E-state index in [0.717, 1.165) is 11.8 Å². The van der Waals surface area contributed by atoms with Crippen molar-refractivity contribution in [3.05, 3.63) is 36.7 Å². The van der Waals surface area contributed by atoms with Crippen LogP contribution in [0.5, 0.6) is 0 Å². The summed E-state index contributed by atoms with van der Waals surface area (Å²) in [4.78, 5) is 18.3. The van der Waals surface area contributed by atoms with E-state index in [9.17, 15) is 4.79 Å². The second kappa shape index (κ2) is 5.98. The normalized spacial score (nSPS) is 10.4. The van der Waals surface area contributed by atoms with E-state index >= 15 is 0 Å². The van der Waals surface area contributed by atoms with Crippen molar-refractivity contribution < 1.29 is 9.90 Å². The molecule has 0 aliphatic carbocycles. The molecule has 0 saturated carbocycles. The fourth-order valence-corrected chi connectivity index (χ4v) is 1.31. The Balaban J connectivity index is 2.63. The van der Waals surface area contributed by atoms with E-state index in [1.807, 2.05) is 0 Å². The van der Waals surface area contributed by atoms with Gasteiger partial charge in [-0.25, -0.2) is 14.8 Å².